The lowest BCUT2D eigenvalue weighted by atomic mass is 10.2. The number of hydrogen-bond acceptors (Lipinski definition) is 4. The van der Waals surface area contributed by atoms with E-state index < -0.39 is 5.60 Å². The first kappa shape index (κ1) is 22.3. The number of H-pyrrole nitrogens is 1. The fourth-order valence-corrected chi connectivity index (χ4v) is 2.66. The highest BCUT2D eigenvalue weighted by Gasteiger charge is 2.19. The molecule has 2 N–H and O–H groups in total. The van der Waals surface area contributed by atoms with Crippen LogP contribution in [-0.4, -0.2) is 71.7 Å². The lowest BCUT2D eigenvalue weighted by molar-refractivity contribution is 0.0302. The molecule has 0 aliphatic heterocycles. The van der Waals surface area contributed by atoms with Crippen LogP contribution in [0.25, 0.3) is 11.3 Å². The minimum Gasteiger partial charge on any atom is -0.444 e. The number of amides is 1. The summed E-state index contributed by atoms with van der Waals surface area (Å²) in [6.45, 7) is 7.19. The zero-order valence-corrected chi connectivity index (χ0v) is 18.2. The van der Waals surface area contributed by atoms with Gasteiger partial charge in [-0.25, -0.2) is 9.78 Å². The maximum atomic E-state index is 12.0. The van der Waals surface area contributed by atoms with Gasteiger partial charge in [-0.3, -0.25) is 4.99 Å². The Labute approximate surface area is 173 Å². The van der Waals surface area contributed by atoms with Crippen LogP contribution < -0.4 is 5.32 Å². The second-order valence-corrected chi connectivity index (χ2v) is 7.84. The lowest BCUT2D eigenvalue weighted by Crippen LogP contribution is -2.43. The first-order valence-corrected chi connectivity index (χ1v) is 9.65. The molecule has 0 unspecified atom stereocenters. The fourth-order valence-electron chi connectivity index (χ4n) is 2.66. The number of aromatic amines is 1. The number of ether oxygens (including phenoxy) is 1. The number of hydrogen-bond donors (Lipinski definition) is 2. The summed E-state index contributed by atoms with van der Waals surface area (Å²) in [6, 6.07) is 10.1. The zero-order chi connectivity index (χ0) is 21.4. The van der Waals surface area contributed by atoms with Crippen LogP contribution in [0.5, 0.6) is 0 Å². The Balaban J connectivity index is 1.84. The van der Waals surface area contributed by atoms with E-state index >= 15 is 0 Å². The molecule has 1 aromatic heterocycles. The third-order valence-corrected chi connectivity index (χ3v) is 4.11. The van der Waals surface area contributed by atoms with E-state index in [4.69, 9.17) is 4.74 Å². The molecule has 29 heavy (non-hydrogen) atoms. The number of aliphatic imine (C=N–C) groups is 1. The van der Waals surface area contributed by atoms with E-state index in [0.29, 0.717) is 19.6 Å². The van der Waals surface area contributed by atoms with Gasteiger partial charge in [0.1, 0.15) is 11.4 Å². The van der Waals surface area contributed by atoms with E-state index in [1.807, 2.05) is 69.2 Å². The molecular formula is C21H32N6O2. The number of guanidine groups is 1. The summed E-state index contributed by atoms with van der Waals surface area (Å²) in [5, 5.41) is 3.26. The van der Waals surface area contributed by atoms with Crippen LogP contribution in [-0.2, 0) is 11.3 Å². The van der Waals surface area contributed by atoms with Crippen LogP contribution in [0, 0.1) is 0 Å². The molecule has 0 aliphatic carbocycles. The average molecular weight is 401 g/mol. The number of nitrogens with zero attached hydrogens (tertiary/aromatic N) is 4. The number of nitrogens with one attached hydrogen (secondary N) is 2. The summed E-state index contributed by atoms with van der Waals surface area (Å²) in [6.07, 6.45) is 1.50. The Morgan fingerprint density at radius 3 is 2.52 bits per heavy atom. The number of carbonyl (C=O) groups is 1. The molecule has 0 spiro atoms. The SMILES string of the molecule is CN=C(NCCN(C)C(=O)OC(C)(C)C)N(C)Cc1ncc(-c2ccccc2)[nH]1. The molecule has 0 saturated heterocycles. The van der Waals surface area contributed by atoms with Gasteiger partial charge in [0.25, 0.3) is 0 Å². The first-order chi connectivity index (χ1) is 13.7. The van der Waals surface area contributed by atoms with Crippen molar-refractivity contribution < 1.29 is 9.53 Å². The van der Waals surface area contributed by atoms with Crippen molar-refractivity contribution in [2.24, 2.45) is 4.99 Å². The van der Waals surface area contributed by atoms with Gasteiger partial charge in [0.05, 0.1) is 18.4 Å². The first-order valence-electron chi connectivity index (χ1n) is 9.65. The van der Waals surface area contributed by atoms with Crippen molar-refractivity contribution in [2.45, 2.75) is 32.9 Å². The third-order valence-electron chi connectivity index (χ3n) is 4.11. The normalized spacial score (nSPS) is 11.9. The molecule has 158 valence electrons. The van der Waals surface area contributed by atoms with Crippen molar-refractivity contribution in [3.8, 4) is 11.3 Å². The predicted octanol–water partition coefficient (Wildman–Crippen LogP) is 2.95. The maximum absolute atomic E-state index is 12.0. The molecule has 0 saturated carbocycles. The molecule has 0 radical (unpaired) electrons. The Morgan fingerprint density at radius 2 is 1.90 bits per heavy atom. The van der Waals surface area contributed by atoms with Crippen LogP contribution >= 0.6 is 0 Å². The van der Waals surface area contributed by atoms with Crippen LogP contribution in [0.3, 0.4) is 0 Å². The zero-order valence-electron chi connectivity index (χ0n) is 18.2. The summed E-state index contributed by atoms with van der Waals surface area (Å²) in [7, 11) is 5.39. The molecule has 2 aromatic rings. The molecule has 8 heteroatoms. The lowest BCUT2D eigenvalue weighted by Gasteiger charge is -2.26. The molecule has 2 rings (SSSR count). The van der Waals surface area contributed by atoms with Gasteiger partial charge in [-0.05, 0) is 26.3 Å². The van der Waals surface area contributed by atoms with Gasteiger partial charge in [-0.1, -0.05) is 30.3 Å². The number of aromatic nitrogens is 2. The highest BCUT2D eigenvalue weighted by atomic mass is 16.6. The standard InChI is InChI=1S/C21H32N6O2/c1-21(2,3)29-20(28)26(5)13-12-23-19(22-4)27(6)15-18-24-14-17(25-18)16-10-8-7-9-11-16/h7-11,14H,12-13,15H2,1-6H3,(H,22,23)(H,24,25). The summed E-state index contributed by atoms with van der Waals surface area (Å²) < 4.78 is 5.35. The molecule has 1 aromatic carbocycles. The smallest absolute Gasteiger partial charge is 0.410 e. The van der Waals surface area contributed by atoms with Gasteiger partial charge < -0.3 is 24.8 Å². The van der Waals surface area contributed by atoms with Gasteiger partial charge in [-0.15, -0.1) is 0 Å². The van der Waals surface area contributed by atoms with Crippen LogP contribution in [0.4, 0.5) is 4.79 Å². The molecule has 8 nitrogen and oxygen atoms in total. The topological polar surface area (TPSA) is 85.8 Å². The van der Waals surface area contributed by atoms with Crippen LogP contribution in [0.1, 0.15) is 26.6 Å². The van der Waals surface area contributed by atoms with E-state index in [0.717, 1.165) is 23.0 Å². The second-order valence-electron chi connectivity index (χ2n) is 7.84. The van der Waals surface area contributed by atoms with Crippen molar-refractivity contribution in [1.29, 1.82) is 0 Å². The summed E-state index contributed by atoms with van der Waals surface area (Å²) >= 11 is 0. The molecule has 1 heterocycles. The molecule has 0 aliphatic rings. The maximum Gasteiger partial charge on any atom is 0.410 e. The van der Waals surface area contributed by atoms with Crippen molar-refractivity contribution in [3.05, 3.63) is 42.4 Å². The van der Waals surface area contributed by atoms with Crippen molar-refractivity contribution in [1.82, 2.24) is 25.1 Å². The fraction of sp³-hybridized carbons (Fsp3) is 0.476. The van der Waals surface area contributed by atoms with Crippen molar-refractivity contribution in [2.75, 3.05) is 34.2 Å². The van der Waals surface area contributed by atoms with Gasteiger partial charge in [0.2, 0.25) is 0 Å². The Morgan fingerprint density at radius 1 is 1.21 bits per heavy atom. The highest BCUT2D eigenvalue weighted by molar-refractivity contribution is 5.79. The van der Waals surface area contributed by atoms with Crippen LogP contribution in [0.2, 0.25) is 0 Å². The van der Waals surface area contributed by atoms with Gasteiger partial charge in [-0.2, -0.15) is 0 Å². The monoisotopic (exact) mass is 400 g/mol. The molecule has 0 fully saturated rings. The second kappa shape index (κ2) is 9.95. The van der Waals surface area contributed by atoms with Gasteiger partial charge in [0, 0.05) is 34.2 Å². The summed E-state index contributed by atoms with van der Waals surface area (Å²) in [5.74, 6) is 1.57. The molecule has 0 bridgehead atoms. The van der Waals surface area contributed by atoms with E-state index in [2.05, 4.69) is 20.3 Å². The predicted molar refractivity (Wildman–Crippen MR) is 116 cm³/mol. The van der Waals surface area contributed by atoms with Crippen LogP contribution in [0.15, 0.2) is 41.5 Å². The molecular weight excluding hydrogens is 368 g/mol. The number of likely N-dealkylation sites (N-methyl/N-ethyl adjacent to an activating group) is 1. The quantitative estimate of drug-likeness (QED) is 0.575. The Bertz CT molecular complexity index is 810. The van der Waals surface area contributed by atoms with E-state index in [1.54, 1.807) is 19.0 Å². The van der Waals surface area contributed by atoms with Crippen molar-refractivity contribution in [3.63, 3.8) is 0 Å². The Kier molecular flexibility index (Phi) is 7.64. The van der Waals surface area contributed by atoms with E-state index in [9.17, 15) is 4.79 Å². The van der Waals surface area contributed by atoms with Gasteiger partial charge >= 0.3 is 6.09 Å². The molecule has 0 atom stereocenters. The average Bonchev–Trinajstić information content (AvgIpc) is 3.12. The van der Waals surface area contributed by atoms with Crippen molar-refractivity contribution >= 4 is 12.1 Å². The summed E-state index contributed by atoms with van der Waals surface area (Å²) in [4.78, 5) is 27.7. The number of rotatable bonds is 6. The largest absolute Gasteiger partial charge is 0.444 e. The third kappa shape index (κ3) is 7.14. The molecule has 1 amide bonds. The number of benzene rings is 1. The van der Waals surface area contributed by atoms with Gasteiger partial charge in [0.15, 0.2) is 5.96 Å². The minimum atomic E-state index is -0.503. The summed E-state index contributed by atoms with van der Waals surface area (Å²) in [5.41, 5.74) is 1.58. The number of carbonyl (C=O) groups excluding carboxylic acids is 1. The Hall–Kier alpha value is -3.03. The highest BCUT2D eigenvalue weighted by Crippen LogP contribution is 2.16. The minimum absolute atomic E-state index is 0.341. The number of imidazole rings is 1. The van der Waals surface area contributed by atoms with E-state index in [-0.39, 0.29) is 6.09 Å². The van der Waals surface area contributed by atoms with E-state index in [1.165, 1.54) is 0 Å².